The van der Waals surface area contributed by atoms with Gasteiger partial charge in [0, 0.05) is 17.8 Å². The van der Waals surface area contributed by atoms with Crippen LogP contribution in [0.4, 0.5) is 18.9 Å². The second-order valence-corrected chi connectivity index (χ2v) is 4.86. The molecule has 0 heterocycles. The summed E-state index contributed by atoms with van der Waals surface area (Å²) < 4.78 is 44.2. The lowest BCUT2D eigenvalue weighted by atomic mass is 10.2. The molecule has 0 fully saturated rings. The van der Waals surface area contributed by atoms with E-state index in [4.69, 9.17) is 16.3 Å². The number of hydrogen-bond donors (Lipinski definition) is 1. The number of ether oxygens (including phenoxy) is 1. The van der Waals surface area contributed by atoms with Crippen molar-refractivity contribution in [1.29, 1.82) is 0 Å². The van der Waals surface area contributed by atoms with Gasteiger partial charge in [0.25, 0.3) is 5.91 Å². The fourth-order valence-corrected chi connectivity index (χ4v) is 1.80. The molecule has 0 aliphatic rings. The van der Waals surface area contributed by atoms with Gasteiger partial charge < -0.3 is 10.1 Å². The Labute approximate surface area is 129 Å². The first-order chi connectivity index (χ1) is 10.4. The molecule has 1 amide bonds. The summed E-state index contributed by atoms with van der Waals surface area (Å²) in [5.74, 6) is -3.06. The highest BCUT2D eigenvalue weighted by molar-refractivity contribution is 6.30. The zero-order valence-corrected chi connectivity index (χ0v) is 12.1. The van der Waals surface area contributed by atoms with Gasteiger partial charge in [-0.3, -0.25) is 4.79 Å². The lowest BCUT2D eigenvalue weighted by Gasteiger charge is -2.15. The molecule has 1 unspecified atom stereocenters. The summed E-state index contributed by atoms with van der Waals surface area (Å²) in [6.45, 7) is 1.45. The Morgan fingerprint density at radius 2 is 1.77 bits per heavy atom. The molecule has 0 aromatic heterocycles. The Bertz CT molecular complexity index is 709. The zero-order chi connectivity index (χ0) is 16.3. The SMILES string of the molecule is CC(Oc1ccc(F)c(Cl)c1)C(=O)Nc1ccc(F)c(F)c1. The Hall–Kier alpha value is -2.21. The molecule has 0 bridgehead atoms. The van der Waals surface area contributed by atoms with E-state index in [1.165, 1.54) is 25.1 Å². The molecular weight excluding hydrogens is 319 g/mol. The van der Waals surface area contributed by atoms with Crippen molar-refractivity contribution in [3.8, 4) is 5.75 Å². The Morgan fingerprint density at radius 1 is 1.09 bits per heavy atom. The molecule has 116 valence electrons. The van der Waals surface area contributed by atoms with Crippen LogP contribution in [0.1, 0.15) is 6.92 Å². The van der Waals surface area contributed by atoms with Crippen molar-refractivity contribution in [2.45, 2.75) is 13.0 Å². The number of carbonyl (C=O) groups excluding carboxylic acids is 1. The first-order valence-electron chi connectivity index (χ1n) is 6.24. The number of carbonyl (C=O) groups is 1. The molecule has 3 nitrogen and oxygen atoms in total. The molecule has 0 spiro atoms. The largest absolute Gasteiger partial charge is 0.481 e. The topological polar surface area (TPSA) is 38.3 Å². The maximum atomic E-state index is 13.1. The van der Waals surface area contributed by atoms with Gasteiger partial charge in [-0.05, 0) is 31.2 Å². The average molecular weight is 330 g/mol. The molecule has 2 aromatic rings. The first-order valence-corrected chi connectivity index (χ1v) is 6.62. The number of nitrogens with one attached hydrogen (secondary N) is 1. The molecule has 0 saturated heterocycles. The van der Waals surface area contributed by atoms with E-state index < -0.39 is 29.5 Å². The first kappa shape index (κ1) is 16.2. The number of hydrogen-bond acceptors (Lipinski definition) is 2. The molecule has 0 radical (unpaired) electrons. The minimum Gasteiger partial charge on any atom is -0.481 e. The van der Waals surface area contributed by atoms with Crippen molar-refractivity contribution in [3.63, 3.8) is 0 Å². The number of amides is 1. The lowest BCUT2D eigenvalue weighted by molar-refractivity contribution is -0.122. The third-order valence-electron chi connectivity index (χ3n) is 2.76. The van der Waals surface area contributed by atoms with Crippen LogP contribution >= 0.6 is 11.6 Å². The van der Waals surface area contributed by atoms with Gasteiger partial charge in [0.1, 0.15) is 11.6 Å². The minimum atomic E-state index is -1.07. The van der Waals surface area contributed by atoms with Gasteiger partial charge in [0.15, 0.2) is 17.7 Å². The van der Waals surface area contributed by atoms with Crippen molar-refractivity contribution in [1.82, 2.24) is 0 Å². The van der Waals surface area contributed by atoms with E-state index >= 15 is 0 Å². The van der Waals surface area contributed by atoms with Crippen molar-refractivity contribution >= 4 is 23.2 Å². The third-order valence-corrected chi connectivity index (χ3v) is 3.05. The summed E-state index contributed by atoms with van der Waals surface area (Å²) in [4.78, 5) is 11.9. The van der Waals surface area contributed by atoms with Gasteiger partial charge in [-0.15, -0.1) is 0 Å². The highest BCUT2D eigenvalue weighted by Gasteiger charge is 2.16. The van der Waals surface area contributed by atoms with E-state index in [-0.39, 0.29) is 16.5 Å². The third kappa shape index (κ3) is 3.92. The maximum absolute atomic E-state index is 13.1. The summed E-state index contributed by atoms with van der Waals surface area (Å²) in [5.41, 5.74) is 0.0940. The second kappa shape index (κ2) is 6.70. The molecule has 1 atom stereocenters. The quantitative estimate of drug-likeness (QED) is 0.914. The van der Waals surface area contributed by atoms with Crippen LogP contribution in [0.2, 0.25) is 5.02 Å². The van der Waals surface area contributed by atoms with Crippen molar-refractivity contribution in [2.75, 3.05) is 5.32 Å². The monoisotopic (exact) mass is 329 g/mol. The lowest BCUT2D eigenvalue weighted by Crippen LogP contribution is -2.30. The van der Waals surface area contributed by atoms with E-state index in [0.29, 0.717) is 0 Å². The van der Waals surface area contributed by atoms with Crippen molar-refractivity contribution in [3.05, 3.63) is 58.9 Å². The Kier molecular flexibility index (Phi) is 4.92. The van der Waals surface area contributed by atoms with Gasteiger partial charge in [-0.2, -0.15) is 0 Å². The summed E-state index contributed by atoms with van der Waals surface area (Å²) in [6, 6.07) is 6.64. The number of halogens is 4. The van der Waals surface area contributed by atoms with E-state index in [1.54, 1.807) is 0 Å². The van der Waals surface area contributed by atoms with Crippen molar-refractivity contribution in [2.24, 2.45) is 0 Å². The zero-order valence-electron chi connectivity index (χ0n) is 11.4. The summed E-state index contributed by atoms with van der Waals surface area (Å²) in [6.07, 6.45) is -0.949. The number of anilines is 1. The van der Waals surface area contributed by atoms with Gasteiger partial charge in [0.05, 0.1) is 5.02 Å². The number of benzene rings is 2. The van der Waals surface area contributed by atoms with Gasteiger partial charge in [0.2, 0.25) is 0 Å². The molecule has 2 rings (SSSR count). The molecule has 0 aliphatic heterocycles. The van der Waals surface area contributed by atoms with Crippen LogP contribution in [-0.2, 0) is 4.79 Å². The van der Waals surface area contributed by atoms with Gasteiger partial charge in [-0.25, -0.2) is 13.2 Å². The van der Waals surface area contributed by atoms with E-state index in [1.807, 2.05) is 0 Å². The molecule has 2 aromatic carbocycles. The normalized spacial score (nSPS) is 11.9. The van der Waals surface area contributed by atoms with Crippen LogP contribution in [-0.4, -0.2) is 12.0 Å². The summed E-state index contributed by atoms with van der Waals surface area (Å²) in [5, 5.41) is 2.24. The minimum absolute atomic E-state index is 0.0940. The summed E-state index contributed by atoms with van der Waals surface area (Å²) >= 11 is 5.61. The average Bonchev–Trinajstić information content (AvgIpc) is 2.46. The molecule has 0 saturated carbocycles. The van der Waals surface area contributed by atoms with Crippen LogP contribution in [0.3, 0.4) is 0 Å². The van der Waals surface area contributed by atoms with Crippen LogP contribution in [0.15, 0.2) is 36.4 Å². The predicted molar refractivity (Wildman–Crippen MR) is 76.5 cm³/mol. The van der Waals surface area contributed by atoms with Crippen LogP contribution in [0.5, 0.6) is 5.75 Å². The van der Waals surface area contributed by atoms with Crippen LogP contribution < -0.4 is 10.1 Å². The second-order valence-electron chi connectivity index (χ2n) is 4.45. The number of rotatable bonds is 4. The van der Waals surface area contributed by atoms with E-state index in [9.17, 15) is 18.0 Å². The van der Waals surface area contributed by atoms with Crippen LogP contribution in [0.25, 0.3) is 0 Å². The van der Waals surface area contributed by atoms with E-state index in [2.05, 4.69) is 5.32 Å². The van der Waals surface area contributed by atoms with Gasteiger partial charge in [-0.1, -0.05) is 11.6 Å². The fourth-order valence-electron chi connectivity index (χ4n) is 1.63. The molecular formula is C15H11ClF3NO2. The molecule has 0 aliphatic carbocycles. The molecule has 22 heavy (non-hydrogen) atoms. The highest BCUT2D eigenvalue weighted by atomic mass is 35.5. The Balaban J connectivity index is 2.02. The maximum Gasteiger partial charge on any atom is 0.265 e. The van der Waals surface area contributed by atoms with Crippen molar-refractivity contribution < 1.29 is 22.7 Å². The fraction of sp³-hybridized carbons (Fsp3) is 0.133. The molecule has 7 heteroatoms. The Morgan fingerprint density at radius 3 is 2.41 bits per heavy atom. The predicted octanol–water partition coefficient (Wildman–Crippen LogP) is 4.16. The smallest absolute Gasteiger partial charge is 0.265 e. The summed E-state index contributed by atoms with van der Waals surface area (Å²) in [7, 11) is 0. The highest BCUT2D eigenvalue weighted by Crippen LogP contribution is 2.22. The van der Waals surface area contributed by atoms with Gasteiger partial charge >= 0.3 is 0 Å². The van der Waals surface area contributed by atoms with Crippen LogP contribution in [0, 0.1) is 17.5 Å². The standard InChI is InChI=1S/C15H11ClF3NO2/c1-8(22-10-3-5-12(17)11(16)7-10)15(21)20-9-2-4-13(18)14(19)6-9/h2-8H,1H3,(H,20,21). The van der Waals surface area contributed by atoms with E-state index in [0.717, 1.165) is 18.2 Å². The molecule has 1 N–H and O–H groups in total.